The summed E-state index contributed by atoms with van der Waals surface area (Å²) in [6.07, 6.45) is 68.4. The molecule has 0 saturated carbocycles. The van der Waals surface area contributed by atoms with Crippen molar-refractivity contribution in [3.63, 3.8) is 0 Å². The summed E-state index contributed by atoms with van der Waals surface area (Å²) < 4.78 is 34.6. The van der Waals surface area contributed by atoms with E-state index in [1.807, 2.05) is 6.08 Å². The molecule has 0 aromatic rings. The van der Waals surface area contributed by atoms with Crippen molar-refractivity contribution in [1.29, 1.82) is 0 Å². The van der Waals surface area contributed by atoms with Crippen LogP contribution in [0.25, 0.3) is 0 Å². The number of unbranched alkanes of at least 4 members (excludes halogenated alkanes) is 55. The maximum absolute atomic E-state index is 13.5. The number of aliphatic hydroxyl groups excluding tert-OH is 11. The van der Waals surface area contributed by atoms with Crippen LogP contribution in [0.15, 0.2) is 48.6 Å². The van der Waals surface area contributed by atoms with Crippen LogP contribution in [0.5, 0.6) is 0 Å². The Balaban J connectivity index is 1.30. The summed E-state index contributed by atoms with van der Waals surface area (Å²) in [6, 6.07) is -0.974. The lowest BCUT2D eigenvalue weighted by atomic mass is 9.96. The van der Waals surface area contributed by atoms with Crippen molar-refractivity contribution in [2.45, 2.75) is 510 Å². The quantitative estimate of drug-likeness (QED) is 0.0199. The average molecular weight is 1590 g/mol. The van der Waals surface area contributed by atoms with Crippen LogP contribution in [0.4, 0.5) is 0 Å². The number of carbonyl (C=O) groups excluding carboxylic acids is 1. The number of ether oxygens (including phenoxy) is 6. The Morgan fingerprint density at radius 2 is 0.589 bits per heavy atom. The second-order valence-electron chi connectivity index (χ2n) is 33.5. The zero-order valence-corrected chi connectivity index (χ0v) is 71.2. The first-order chi connectivity index (χ1) is 54.8. The molecule has 17 unspecified atom stereocenters. The van der Waals surface area contributed by atoms with Gasteiger partial charge in [0.05, 0.1) is 38.6 Å². The zero-order chi connectivity index (χ0) is 81.0. The second kappa shape index (κ2) is 72.7. The Morgan fingerprint density at radius 3 is 0.920 bits per heavy atom. The number of amides is 1. The van der Waals surface area contributed by atoms with Gasteiger partial charge in [0.25, 0.3) is 0 Å². The third kappa shape index (κ3) is 50.6. The molecule has 0 radical (unpaired) electrons. The maximum Gasteiger partial charge on any atom is 0.220 e. The Labute approximate surface area is 682 Å². The van der Waals surface area contributed by atoms with E-state index in [9.17, 15) is 61.0 Å². The molecule has 12 N–H and O–H groups in total. The summed E-state index contributed by atoms with van der Waals surface area (Å²) in [5.74, 6) is -0.267. The van der Waals surface area contributed by atoms with Gasteiger partial charge in [-0.1, -0.05) is 390 Å². The number of nitrogens with one attached hydrogen (secondary N) is 1. The summed E-state index contributed by atoms with van der Waals surface area (Å²) >= 11 is 0. The average Bonchev–Trinajstić information content (AvgIpc) is 0.780. The van der Waals surface area contributed by atoms with Crippen LogP contribution >= 0.6 is 0 Å². The highest BCUT2D eigenvalue weighted by molar-refractivity contribution is 5.76. The molecule has 3 aliphatic rings. The Kier molecular flexibility index (Phi) is 67.5. The fourth-order valence-corrected chi connectivity index (χ4v) is 15.9. The molecular weight excluding hydrogens is 1420 g/mol. The minimum absolute atomic E-state index is 0.247. The fraction of sp³-hybridized carbons (Fsp3) is 0.903. The number of aliphatic hydroxyl groups is 11. The molecule has 3 rings (SSSR count). The van der Waals surface area contributed by atoms with Gasteiger partial charge in [-0.05, 0) is 57.8 Å². The largest absolute Gasteiger partial charge is 0.394 e. The van der Waals surface area contributed by atoms with Crippen molar-refractivity contribution in [3.8, 4) is 0 Å². The predicted molar refractivity (Wildman–Crippen MR) is 452 cm³/mol. The third-order valence-electron chi connectivity index (χ3n) is 23.4. The molecule has 0 aromatic carbocycles. The summed E-state index contributed by atoms with van der Waals surface area (Å²) in [6.45, 7) is 1.79. The Hall–Kier alpha value is -2.25. The highest BCUT2D eigenvalue weighted by Crippen LogP contribution is 2.34. The number of hydrogen-bond acceptors (Lipinski definition) is 18. The van der Waals surface area contributed by atoms with E-state index in [-0.39, 0.29) is 18.9 Å². The minimum atomic E-state index is -1.98. The Morgan fingerprint density at radius 1 is 0.321 bits per heavy atom. The van der Waals surface area contributed by atoms with Crippen molar-refractivity contribution in [2.24, 2.45) is 0 Å². The van der Waals surface area contributed by atoms with E-state index in [1.165, 1.54) is 321 Å². The van der Waals surface area contributed by atoms with Gasteiger partial charge in [-0.25, -0.2) is 0 Å². The molecule has 19 heteroatoms. The minimum Gasteiger partial charge on any atom is -0.394 e. The molecule has 1 amide bonds. The predicted octanol–water partition coefficient (Wildman–Crippen LogP) is 18.4. The zero-order valence-electron chi connectivity index (χ0n) is 71.2. The van der Waals surface area contributed by atoms with Crippen molar-refractivity contribution in [2.75, 3.05) is 26.4 Å². The van der Waals surface area contributed by atoms with Crippen LogP contribution in [-0.2, 0) is 33.2 Å². The molecule has 0 bridgehead atoms. The standard InChI is InChI=1S/C93H173NO18/c1-3-5-7-9-11-13-15-17-19-21-23-25-27-29-31-33-34-35-36-37-38-39-40-41-42-43-45-47-49-51-53-55-57-59-61-63-65-67-69-71-81(99)94-76(77(98)70-68-66-64-62-60-58-56-54-52-50-48-46-44-32-30-28-26-24-22-20-18-16-14-12-10-8-6-4-2)75-107-91-87(105)84(102)89(79(73-96)109-91)112-93-88(106)85(103)90(80(74-97)110-93)111-92-86(104)83(101)82(100)78(72-95)108-92/h15,17,21,23,27,29,68,70,76-80,82-93,95-98,100-106H,3-14,16,18-20,22,24-26,28,30-67,69,71-75H2,1-2H3,(H,94,99)/b17-15-,23-21-,29-27-,70-68+. The normalized spacial score (nSPS) is 25.1. The first kappa shape index (κ1) is 104. The number of carbonyl (C=O) groups is 1. The second-order valence-corrected chi connectivity index (χ2v) is 33.5. The van der Waals surface area contributed by atoms with Crippen LogP contribution in [0.1, 0.15) is 406 Å². The van der Waals surface area contributed by atoms with E-state index in [2.05, 4.69) is 55.6 Å². The molecule has 3 heterocycles. The molecule has 0 aliphatic carbocycles. The van der Waals surface area contributed by atoms with Crippen LogP contribution < -0.4 is 5.32 Å². The van der Waals surface area contributed by atoms with Gasteiger partial charge in [0.2, 0.25) is 5.91 Å². The van der Waals surface area contributed by atoms with Gasteiger partial charge in [-0.2, -0.15) is 0 Å². The molecule has 3 aliphatic heterocycles. The molecular formula is C93H173NO18. The van der Waals surface area contributed by atoms with Crippen molar-refractivity contribution in [1.82, 2.24) is 5.32 Å². The van der Waals surface area contributed by atoms with Gasteiger partial charge in [-0.15, -0.1) is 0 Å². The van der Waals surface area contributed by atoms with Gasteiger partial charge >= 0.3 is 0 Å². The van der Waals surface area contributed by atoms with Gasteiger partial charge in [0.15, 0.2) is 18.9 Å². The topological polar surface area (TPSA) is 307 Å². The molecule has 0 aromatic heterocycles. The maximum atomic E-state index is 13.5. The van der Waals surface area contributed by atoms with E-state index in [1.54, 1.807) is 6.08 Å². The third-order valence-corrected chi connectivity index (χ3v) is 23.4. The molecule has 3 saturated heterocycles. The van der Waals surface area contributed by atoms with Crippen molar-refractivity contribution < 1.29 is 89.4 Å². The molecule has 0 spiro atoms. The van der Waals surface area contributed by atoms with Crippen LogP contribution in [0.2, 0.25) is 0 Å². The highest BCUT2D eigenvalue weighted by Gasteiger charge is 2.54. The summed E-state index contributed by atoms with van der Waals surface area (Å²) in [5.41, 5.74) is 0. The summed E-state index contributed by atoms with van der Waals surface area (Å²) in [4.78, 5) is 13.5. The smallest absolute Gasteiger partial charge is 0.220 e. The first-order valence-electron chi connectivity index (χ1n) is 46.9. The number of allylic oxidation sites excluding steroid dienone is 7. The highest BCUT2D eigenvalue weighted by atomic mass is 16.8. The molecule has 658 valence electrons. The number of hydrogen-bond donors (Lipinski definition) is 12. The van der Waals surface area contributed by atoms with Crippen LogP contribution in [-0.4, -0.2) is 193 Å². The van der Waals surface area contributed by atoms with Gasteiger partial charge < -0.3 is 89.9 Å². The van der Waals surface area contributed by atoms with Crippen molar-refractivity contribution in [3.05, 3.63) is 48.6 Å². The molecule has 17 atom stereocenters. The van der Waals surface area contributed by atoms with Gasteiger partial charge in [0, 0.05) is 6.42 Å². The number of rotatable bonds is 77. The lowest BCUT2D eigenvalue weighted by Gasteiger charge is -2.48. The van der Waals surface area contributed by atoms with Crippen LogP contribution in [0, 0.1) is 0 Å². The lowest BCUT2D eigenvalue weighted by Crippen LogP contribution is -2.66. The molecule has 19 nitrogen and oxygen atoms in total. The van der Waals surface area contributed by atoms with Gasteiger partial charge in [0.1, 0.15) is 73.2 Å². The first-order valence-corrected chi connectivity index (χ1v) is 46.9. The molecule has 3 fully saturated rings. The van der Waals surface area contributed by atoms with E-state index >= 15 is 0 Å². The van der Waals surface area contributed by atoms with Gasteiger partial charge in [-0.3, -0.25) is 4.79 Å². The van der Waals surface area contributed by atoms with E-state index in [4.69, 9.17) is 28.4 Å². The van der Waals surface area contributed by atoms with E-state index in [0.717, 1.165) is 57.8 Å². The summed E-state index contributed by atoms with van der Waals surface area (Å²) in [5, 5.41) is 121. The van der Waals surface area contributed by atoms with E-state index in [0.29, 0.717) is 6.42 Å². The monoisotopic (exact) mass is 1590 g/mol. The summed E-state index contributed by atoms with van der Waals surface area (Å²) in [7, 11) is 0. The van der Waals surface area contributed by atoms with Crippen molar-refractivity contribution >= 4 is 5.91 Å². The van der Waals surface area contributed by atoms with Crippen LogP contribution in [0.3, 0.4) is 0 Å². The fourth-order valence-electron chi connectivity index (χ4n) is 15.9. The lowest BCUT2D eigenvalue weighted by molar-refractivity contribution is -0.379. The van der Waals surface area contributed by atoms with E-state index < -0.39 is 124 Å². The molecule has 112 heavy (non-hydrogen) atoms. The SMILES string of the molecule is CCCCCCC/C=C\C/C=C\C/C=C\CCCCCCCCCCCCCCCCCCCCCCCCCCC(=O)NC(COC1OC(CO)C(OC2OC(CO)C(OC3OC(CO)C(O)C(O)C3O)C(O)C2O)C(O)C1O)C(O)/C=C/CCCCCCCCCCCCCCCCCCCCCCCCCCCC. The Bertz CT molecular complexity index is 2200.